The van der Waals surface area contributed by atoms with Crippen molar-refractivity contribution in [2.24, 2.45) is 0 Å². The highest BCUT2D eigenvalue weighted by Crippen LogP contribution is 2.37. The van der Waals surface area contributed by atoms with Crippen LogP contribution in [0, 0.1) is 0 Å². The minimum Gasteiger partial charge on any atom is -0.375 e. The molecule has 11 nitrogen and oxygen atoms in total. The van der Waals surface area contributed by atoms with Gasteiger partial charge in [0.1, 0.15) is 11.4 Å². The SMILES string of the molecule is CN(C)CCn1nnnc1SCC1=CN2C(=O)C(NC(=O)Cc3csc(N)n3)[C@@H]2SC1. The van der Waals surface area contributed by atoms with Gasteiger partial charge in [-0.15, -0.1) is 28.2 Å². The number of nitrogen functional groups attached to an aromatic ring is 1. The fourth-order valence-electron chi connectivity index (χ4n) is 3.12. The van der Waals surface area contributed by atoms with E-state index in [2.05, 4.69) is 30.7 Å². The zero-order chi connectivity index (χ0) is 22.0. The highest BCUT2D eigenvalue weighted by molar-refractivity contribution is 8.01. The van der Waals surface area contributed by atoms with Crippen molar-refractivity contribution < 1.29 is 9.59 Å². The molecule has 4 heterocycles. The average molecular weight is 482 g/mol. The Morgan fingerprint density at radius 2 is 2.29 bits per heavy atom. The number of fused-ring (bicyclic) bond motifs is 1. The first-order valence-electron chi connectivity index (χ1n) is 9.57. The Hall–Kier alpha value is -2.16. The second kappa shape index (κ2) is 9.54. The Morgan fingerprint density at radius 3 is 3.03 bits per heavy atom. The number of hydrogen-bond acceptors (Lipinski definition) is 11. The summed E-state index contributed by atoms with van der Waals surface area (Å²) in [6.07, 6.45) is 2.02. The lowest BCUT2D eigenvalue weighted by Gasteiger charge is -2.47. The molecule has 2 aromatic rings. The summed E-state index contributed by atoms with van der Waals surface area (Å²) in [4.78, 5) is 32.7. The van der Waals surface area contributed by atoms with E-state index in [1.807, 2.05) is 20.3 Å². The minimum atomic E-state index is -0.503. The molecule has 1 fully saturated rings. The van der Waals surface area contributed by atoms with Crippen LogP contribution < -0.4 is 11.1 Å². The Labute approximate surface area is 191 Å². The molecule has 1 saturated heterocycles. The lowest BCUT2D eigenvalue weighted by atomic mass is 10.1. The van der Waals surface area contributed by atoms with E-state index in [-0.39, 0.29) is 23.6 Å². The van der Waals surface area contributed by atoms with Crippen LogP contribution in [0.3, 0.4) is 0 Å². The number of nitrogens with one attached hydrogen (secondary N) is 1. The summed E-state index contributed by atoms with van der Waals surface area (Å²) in [6, 6.07) is -0.503. The summed E-state index contributed by atoms with van der Waals surface area (Å²) >= 11 is 4.50. The molecule has 3 N–H and O–H groups in total. The highest BCUT2D eigenvalue weighted by Gasteiger charge is 2.49. The van der Waals surface area contributed by atoms with Gasteiger partial charge in [0.25, 0.3) is 5.91 Å². The monoisotopic (exact) mass is 481 g/mol. The van der Waals surface area contributed by atoms with Crippen molar-refractivity contribution in [3.63, 3.8) is 0 Å². The van der Waals surface area contributed by atoms with E-state index in [4.69, 9.17) is 5.73 Å². The zero-order valence-electron chi connectivity index (χ0n) is 17.1. The molecule has 0 radical (unpaired) electrons. The van der Waals surface area contributed by atoms with Crippen molar-refractivity contribution in [2.45, 2.75) is 29.5 Å². The van der Waals surface area contributed by atoms with Crippen LogP contribution in [0.25, 0.3) is 0 Å². The van der Waals surface area contributed by atoms with Gasteiger partial charge in [0.2, 0.25) is 11.1 Å². The van der Waals surface area contributed by atoms with E-state index in [9.17, 15) is 9.59 Å². The van der Waals surface area contributed by atoms with Crippen LogP contribution in [-0.4, -0.2) is 90.4 Å². The number of tetrazole rings is 1. The van der Waals surface area contributed by atoms with Crippen molar-refractivity contribution in [3.8, 4) is 0 Å². The van der Waals surface area contributed by atoms with Crippen LogP contribution in [0.1, 0.15) is 5.69 Å². The Balaban J connectivity index is 1.28. The summed E-state index contributed by atoms with van der Waals surface area (Å²) in [6.45, 7) is 1.57. The molecule has 31 heavy (non-hydrogen) atoms. The van der Waals surface area contributed by atoms with Gasteiger partial charge in [-0.2, -0.15) is 0 Å². The molecular formula is C17H23N9O2S3. The number of aromatic nitrogens is 5. The number of anilines is 1. The molecule has 2 aliphatic heterocycles. The number of thiazole rings is 1. The van der Waals surface area contributed by atoms with Gasteiger partial charge in [-0.3, -0.25) is 9.59 Å². The van der Waals surface area contributed by atoms with Gasteiger partial charge in [-0.1, -0.05) is 11.8 Å². The predicted molar refractivity (Wildman–Crippen MR) is 120 cm³/mol. The summed E-state index contributed by atoms with van der Waals surface area (Å²) in [5, 5.41) is 17.6. The topological polar surface area (TPSA) is 135 Å². The van der Waals surface area contributed by atoms with Crippen molar-refractivity contribution in [3.05, 3.63) is 22.8 Å². The molecule has 166 valence electrons. The highest BCUT2D eigenvalue weighted by atomic mass is 32.2. The van der Waals surface area contributed by atoms with Gasteiger partial charge >= 0.3 is 0 Å². The number of amides is 2. The molecule has 0 aliphatic carbocycles. The van der Waals surface area contributed by atoms with Gasteiger partial charge in [0.15, 0.2) is 5.13 Å². The molecule has 14 heteroatoms. The number of likely N-dealkylation sites (N-methyl/N-ethyl adjacent to an activating group) is 1. The first-order valence-corrected chi connectivity index (χ1v) is 12.5. The lowest BCUT2D eigenvalue weighted by molar-refractivity contribution is -0.144. The first kappa shape index (κ1) is 22.0. The van der Waals surface area contributed by atoms with Gasteiger partial charge in [-0.25, -0.2) is 9.67 Å². The molecule has 2 atom stereocenters. The standard InChI is InChI=1S/C17H23N9O2S3/c1-24(2)3-4-26-17(21-22-23-26)31-8-10-6-25-14(28)13(15(25)29-7-10)20-12(27)5-11-9-30-16(18)19-11/h6,9,13,15H,3-5,7-8H2,1-2H3,(H2,18,19)(H,20,27)/t13?,15-/m0/s1. The van der Waals surface area contributed by atoms with E-state index in [1.54, 1.807) is 38.5 Å². The number of hydrogen-bond donors (Lipinski definition) is 2. The number of β-lactam (4-membered cyclic amide) rings is 1. The largest absolute Gasteiger partial charge is 0.375 e. The molecule has 0 spiro atoms. The number of nitrogens with two attached hydrogens (primary N) is 1. The van der Waals surface area contributed by atoms with Crippen LogP contribution in [0.4, 0.5) is 5.13 Å². The van der Waals surface area contributed by atoms with Crippen molar-refractivity contribution in [1.82, 2.24) is 40.3 Å². The summed E-state index contributed by atoms with van der Waals surface area (Å²) in [5.74, 6) is 1.17. The fourth-order valence-corrected chi connectivity index (χ4v) is 5.94. The van der Waals surface area contributed by atoms with Crippen molar-refractivity contribution in [2.75, 3.05) is 37.9 Å². The molecule has 2 aromatic heterocycles. The predicted octanol–water partition coefficient (Wildman–Crippen LogP) is -0.108. The minimum absolute atomic E-state index is 0.0730. The number of rotatable bonds is 9. The third-order valence-electron chi connectivity index (χ3n) is 4.71. The third kappa shape index (κ3) is 5.19. The van der Waals surface area contributed by atoms with E-state index in [0.717, 1.165) is 29.6 Å². The lowest BCUT2D eigenvalue weighted by Crippen LogP contribution is -2.68. The molecule has 0 saturated carbocycles. The molecule has 0 aromatic carbocycles. The first-order chi connectivity index (χ1) is 14.9. The van der Waals surface area contributed by atoms with E-state index in [0.29, 0.717) is 16.6 Å². The Bertz CT molecular complexity index is 989. The van der Waals surface area contributed by atoms with Crippen molar-refractivity contribution >= 4 is 51.8 Å². The summed E-state index contributed by atoms with van der Waals surface area (Å²) in [7, 11) is 4.01. The third-order valence-corrected chi connectivity index (χ3v) is 7.88. The molecule has 1 unspecified atom stereocenters. The quantitative estimate of drug-likeness (QED) is 0.369. The number of carbonyl (C=O) groups excluding carboxylic acids is 2. The smallest absolute Gasteiger partial charge is 0.253 e. The van der Waals surface area contributed by atoms with E-state index >= 15 is 0 Å². The normalized spacial score (nSPS) is 20.4. The van der Waals surface area contributed by atoms with Crippen LogP contribution in [0.2, 0.25) is 0 Å². The molecule has 2 amide bonds. The molecular weight excluding hydrogens is 458 g/mol. The van der Waals surface area contributed by atoms with Crippen LogP contribution >= 0.6 is 34.9 Å². The van der Waals surface area contributed by atoms with Gasteiger partial charge < -0.3 is 20.9 Å². The van der Waals surface area contributed by atoms with Gasteiger partial charge in [0, 0.05) is 29.6 Å². The zero-order valence-corrected chi connectivity index (χ0v) is 19.5. The van der Waals surface area contributed by atoms with Gasteiger partial charge in [0.05, 0.1) is 18.7 Å². The van der Waals surface area contributed by atoms with Crippen LogP contribution in [-0.2, 0) is 22.6 Å². The number of thioether (sulfide) groups is 2. The van der Waals surface area contributed by atoms with E-state index < -0.39 is 6.04 Å². The second-order valence-corrected chi connectivity index (χ2v) is 10.3. The average Bonchev–Trinajstić information content (AvgIpc) is 3.36. The van der Waals surface area contributed by atoms with Crippen molar-refractivity contribution in [1.29, 1.82) is 0 Å². The number of carbonyl (C=O) groups is 2. The summed E-state index contributed by atoms with van der Waals surface area (Å²) < 4.78 is 1.79. The summed E-state index contributed by atoms with van der Waals surface area (Å²) in [5.41, 5.74) is 7.34. The Morgan fingerprint density at radius 1 is 1.45 bits per heavy atom. The van der Waals surface area contributed by atoms with E-state index in [1.165, 1.54) is 11.3 Å². The molecule has 0 bridgehead atoms. The Kier molecular flexibility index (Phi) is 6.79. The van der Waals surface area contributed by atoms with Gasteiger partial charge in [-0.05, 0) is 30.1 Å². The maximum absolute atomic E-state index is 12.5. The molecule has 2 aliphatic rings. The molecule has 4 rings (SSSR count). The fraction of sp³-hybridized carbons (Fsp3) is 0.529. The number of nitrogens with zero attached hydrogens (tertiary/aromatic N) is 7. The maximum atomic E-state index is 12.5. The van der Waals surface area contributed by atoms with Crippen LogP contribution in [0.5, 0.6) is 0 Å². The van der Waals surface area contributed by atoms with Crippen LogP contribution in [0.15, 0.2) is 22.3 Å². The second-order valence-electron chi connectivity index (χ2n) is 7.41. The maximum Gasteiger partial charge on any atom is 0.253 e.